The number of carbonyl (C=O) groups is 1. The standard InChI is InChI=1S/C23H24N4O2S/c1-15(2)27-20(12-16(3)25-27)22(28)26(14-17-8-6-5-7-9-17)23-24-19-11-10-18(29-4)13-21(19)30-23/h5-13,15H,14H2,1-4H3. The molecule has 30 heavy (non-hydrogen) atoms. The van der Waals surface area contributed by atoms with Crippen LogP contribution in [0.25, 0.3) is 10.2 Å². The maximum absolute atomic E-state index is 13.7. The molecule has 4 rings (SSSR count). The zero-order valence-electron chi connectivity index (χ0n) is 17.5. The summed E-state index contributed by atoms with van der Waals surface area (Å²) in [5.41, 5.74) is 3.27. The van der Waals surface area contributed by atoms with E-state index in [4.69, 9.17) is 9.72 Å². The number of rotatable bonds is 6. The molecule has 0 aliphatic rings. The molecular weight excluding hydrogens is 396 g/mol. The van der Waals surface area contributed by atoms with Gasteiger partial charge in [-0.3, -0.25) is 14.4 Å². The summed E-state index contributed by atoms with van der Waals surface area (Å²) in [5, 5.41) is 5.17. The van der Waals surface area contributed by atoms with Gasteiger partial charge in [0.15, 0.2) is 5.13 Å². The van der Waals surface area contributed by atoms with E-state index < -0.39 is 0 Å². The number of benzene rings is 2. The Kier molecular flexibility index (Phi) is 5.55. The average Bonchev–Trinajstić information content (AvgIpc) is 3.35. The fraction of sp³-hybridized carbons (Fsp3) is 0.261. The first-order chi connectivity index (χ1) is 14.5. The molecule has 0 radical (unpaired) electrons. The molecule has 0 atom stereocenters. The van der Waals surface area contributed by atoms with Gasteiger partial charge in [-0.05, 0) is 50.6 Å². The Balaban J connectivity index is 1.79. The highest BCUT2D eigenvalue weighted by molar-refractivity contribution is 7.22. The monoisotopic (exact) mass is 420 g/mol. The number of aryl methyl sites for hydroxylation is 1. The van der Waals surface area contributed by atoms with Gasteiger partial charge in [0, 0.05) is 6.04 Å². The fourth-order valence-electron chi connectivity index (χ4n) is 3.34. The molecule has 0 spiro atoms. The van der Waals surface area contributed by atoms with Crippen LogP contribution in [0.2, 0.25) is 0 Å². The zero-order chi connectivity index (χ0) is 21.3. The number of methoxy groups -OCH3 is 1. The minimum absolute atomic E-state index is 0.0795. The summed E-state index contributed by atoms with van der Waals surface area (Å²) in [7, 11) is 1.64. The fourth-order valence-corrected chi connectivity index (χ4v) is 4.33. The highest BCUT2D eigenvalue weighted by Crippen LogP contribution is 2.33. The van der Waals surface area contributed by atoms with Crippen LogP contribution < -0.4 is 9.64 Å². The van der Waals surface area contributed by atoms with Gasteiger partial charge >= 0.3 is 0 Å². The van der Waals surface area contributed by atoms with E-state index in [1.807, 2.05) is 75.4 Å². The molecule has 0 bridgehead atoms. The molecule has 7 heteroatoms. The summed E-state index contributed by atoms with van der Waals surface area (Å²) >= 11 is 1.48. The van der Waals surface area contributed by atoms with Gasteiger partial charge in [0.05, 0.1) is 29.6 Å². The largest absolute Gasteiger partial charge is 0.497 e. The summed E-state index contributed by atoms with van der Waals surface area (Å²) in [6.45, 7) is 6.38. The minimum atomic E-state index is -0.112. The van der Waals surface area contributed by atoms with Gasteiger partial charge in [-0.1, -0.05) is 41.7 Å². The Hall–Kier alpha value is -3.19. The maximum atomic E-state index is 13.7. The van der Waals surface area contributed by atoms with Crippen LogP contribution in [0, 0.1) is 6.92 Å². The van der Waals surface area contributed by atoms with Gasteiger partial charge in [0.1, 0.15) is 11.4 Å². The lowest BCUT2D eigenvalue weighted by Gasteiger charge is -2.21. The Morgan fingerprint density at radius 1 is 1.17 bits per heavy atom. The van der Waals surface area contributed by atoms with Gasteiger partial charge in [0.25, 0.3) is 5.91 Å². The molecule has 2 aromatic carbocycles. The summed E-state index contributed by atoms with van der Waals surface area (Å²) < 4.78 is 8.10. The molecule has 0 aliphatic heterocycles. The molecule has 2 heterocycles. The van der Waals surface area contributed by atoms with Crippen molar-refractivity contribution in [3.8, 4) is 5.75 Å². The highest BCUT2D eigenvalue weighted by Gasteiger charge is 2.26. The molecule has 4 aromatic rings. The third-order valence-corrected chi connectivity index (χ3v) is 5.85. The summed E-state index contributed by atoms with van der Waals surface area (Å²) in [5.74, 6) is 0.659. The van der Waals surface area contributed by atoms with E-state index in [0.29, 0.717) is 17.4 Å². The first kappa shape index (κ1) is 20.1. The molecule has 0 saturated heterocycles. The molecule has 0 N–H and O–H groups in total. The predicted octanol–water partition coefficient (Wildman–Crippen LogP) is 5.24. The topological polar surface area (TPSA) is 60.2 Å². The van der Waals surface area contributed by atoms with Gasteiger partial charge in [-0.15, -0.1) is 0 Å². The van der Waals surface area contributed by atoms with E-state index >= 15 is 0 Å². The maximum Gasteiger partial charge on any atom is 0.278 e. The number of carbonyl (C=O) groups excluding carboxylic acids is 1. The van der Waals surface area contributed by atoms with Crippen molar-refractivity contribution in [3.05, 3.63) is 71.5 Å². The Morgan fingerprint density at radius 3 is 2.63 bits per heavy atom. The van der Waals surface area contributed by atoms with Crippen LogP contribution in [0.3, 0.4) is 0 Å². The summed E-state index contributed by atoms with van der Waals surface area (Å²) in [6.07, 6.45) is 0. The SMILES string of the molecule is COc1ccc2nc(N(Cc3ccccc3)C(=O)c3cc(C)nn3C(C)C)sc2c1. The van der Waals surface area contributed by atoms with Crippen LogP contribution in [0.15, 0.2) is 54.6 Å². The highest BCUT2D eigenvalue weighted by atomic mass is 32.1. The predicted molar refractivity (Wildman–Crippen MR) is 120 cm³/mol. The van der Waals surface area contributed by atoms with Crippen LogP contribution in [-0.4, -0.2) is 27.8 Å². The number of aromatic nitrogens is 3. The van der Waals surface area contributed by atoms with Crippen LogP contribution >= 0.6 is 11.3 Å². The number of hydrogen-bond acceptors (Lipinski definition) is 5. The van der Waals surface area contributed by atoms with Gasteiger partial charge in [-0.2, -0.15) is 5.10 Å². The first-order valence-electron chi connectivity index (χ1n) is 9.83. The van der Waals surface area contributed by atoms with Crippen molar-refractivity contribution in [2.75, 3.05) is 12.0 Å². The molecule has 0 saturated carbocycles. The quantitative estimate of drug-likeness (QED) is 0.428. The van der Waals surface area contributed by atoms with Crippen molar-refractivity contribution in [2.24, 2.45) is 0 Å². The van der Waals surface area contributed by atoms with Crippen LogP contribution in [0.5, 0.6) is 5.75 Å². The number of hydrogen-bond donors (Lipinski definition) is 0. The number of amides is 1. The third kappa shape index (κ3) is 3.93. The zero-order valence-corrected chi connectivity index (χ0v) is 18.3. The third-order valence-electron chi connectivity index (χ3n) is 4.81. The number of nitrogens with zero attached hydrogens (tertiary/aromatic N) is 4. The lowest BCUT2D eigenvalue weighted by Crippen LogP contribution is -2.32. The van der Waals surface area contributed by atoms with Crippen LogP contribution in [-0.2, 0) is 6.54 Å². The lowest BCUT2D eigenvalue weighted by atomic mass is 10.2. The van der Waals surface area contributed by atoms with E-state index in [-0.39, 0.29) is 11.9 Å². The molecule has 6 nitrogen and oxygen atoms in total. The van der Waals surface area contributed by atoms with E-state index in [1.165, 1.54) is 11.3 Å². The molecule has 2 aromatic heterocycles. The smallest absolute Gasteiger partial charge is 0.278 e. The number of anilines is 1. The lowest BCUT2D eigenvalue weighted by molar-refractivity contribution is 0.0973. The van der Waals surface area contributed by atoms with Crippen LogP contribution in [0.1, 0.15) is 41.6 Å². The van der Waals surface area contributed by atoms with Crippen molar-refractivity contribution in [3.63, 3.8) is 0 Å². The second-order valence-corrected chi connectivity index (χ2v) is 8.43. The molecule has 1 amide bonds. The van der Waals surface area contributed by atoms with Gasteiger partial charge in [0.2, 0.25) is 0 Å². The average molecular weight is 421 g/mol. The second-order valence-electron chi connectivity index (χ2n) is 7.42. The normalized spacial score (nSPS) is 11.2. The Morgan fingerprint density at radius 2 is 1.93 bits per heavy atom. The van der Waals surface area contributed by atoms with Gasteiger partial charge in [-0.25, -0.2) is 4.98 Å². The number of fused-ring (bicyclic) bond motifs is 1. The van der Waals surface area contributed by atoms with Crippen molar-refractivity contribution in [1.82, 2.24) is 14.8 Å². The molecule has 154 valence electrons. The second kappa shape index (κ2) is 8.28. The Bertz CT molecular complexity index is 1180. The van der Waals surface area contributed by atoms with E-state index in [9.17, 15) is 4.79 Å². The van der Waals surface area contributed by atoms with E-state index in [1.54, 1.807) is 16.7 Å². The summed E-state index contributed by atoms with van der Waals surface area (Å²) in [4.78, 5) is 20.2. The molecule has 0 aliphatic carbocycles. The minimum Gasteiger partial charge on any atom is -0.497 e. The van der Waals surface area contributed by atoms with Gasteiger partial charge < -0.3 is 4.74 Å². The molecular formula is C23H24N4O2S. The van der Waals surface area contributed by atoms with E-state index in [0.717, 1.165) is 27.2 Å². The molecule has 0 fully saturated rings. The van der Waals surface area contributed by atoms with Crippen LogP contribution in [0.4, 0.5) is 5.13 Å². The summed E-state index contributed by atoms with van der Waals surface area (Å²) in [6, 6.07) is 17.6. The van der Waals surface area contributed by atoms with E-state index in [2.05, 4.69) is 5.10 Å². The first-order valence-corrected chi connectivity index (χ1v) is 10.6. The van der Waals surface area contributed by atoms with Crippen molar-refractivity contribution in [1.29, 1.82) is 0 Å². The van der Waals surface area contributed by atoms with Crippen molar-refractivity contribution >= 4 is 32.6 Å². The Labute approximate surface area is 179 Å². The number of ether oxygens (including phenoxy) is 1. The van der Waals surface area contributed by atoms with Crippen molar-refractivity contribution < 1.29 is 9.53 Å². The van der Waals surface area contributed by atoms with Crippen molar-refractivity contribution in [2.45, 2.75) is 33.4 Å². The number of thiazole rings is 1. The molecule has 0 unspecified atom stereocenters.